The molecule has 2 N–H and O–H groups in total. The zero-order chi connectivity index (χ0) is 17.2. The van der Waals surface area contributed by atoms with E-state index in [9.17, 15) is 17.2 Å². The smallest absolute Gasteiger partial charge is 0.267 e. The van der Waals surface area contributed by atoms with Crippen molar-refractivity contribution in [3.8, 4) is 0 Å². The van der Waals surface area contributed by atoms with Crippen LogP contribution in [0.1, 0.15) is 11.4 Å². The van der Waals surface area contributed by atoms with E-state index in [4.69, 9.17) is 0 Å². The third-order valence-electron chi connectivity index (χ3n) is 3.15. The molecule has 3 aromatic rings. The number of aromatic amines is 1. The van der Waals surface area contributed by atoms with Gasteiger partial charge in [0.1, 0.15) is 11.6 Å². The van der Waals surface area contributed by atoms with Crippen molar-refractivity contribution in [1.82, 2.24) is 20.6 Å². The van der Waals surface area contributed by atoms with E-state index in [2.05, 4.69) is 25.3 Å². The lowest BCUT2D eigenvalue weighted by Crippen LogP contribution is -2.16. The van der Waals surface area contributed by atoms with Crippen LogP contribution in [0, 0.1) is 11.6 Å². The molecule has 0 aliphatic heterocycles. The van der Waals surface area contributed by atoms with Gasteiger partial charge in [-0.15, -0.1) is 10.2 Å². The van der Waals surface area contributed by atoms with Gasteiger partial charge in [-0.05, 0) is 29.8 Å². The van der Waals surface area contributed by atoms with Gasteiger partial charge in [0, 0.05) is 12.1 Å². The van der Waals surface area contributed by atoms with Crippen molar-refractivity contribution >= 4 is 15.7 Å². The van der Waals surface area contributed by atoms with Gasteiger partial charge in [-0.25, -0.2) is 17.2 Å². The second-order valence-electron chi connectivity index (χ2n) is 4.86. The Morgan fingerprint density at radius 2 is 1.71 bits per heavy atom. The molecule has 0 amide bonds. The summed E-state index contributed by atoms with van der Waals surface area (Å²) in [5.74, 6) is -1.83. The molecule has 0 aliphatic rings. The molecule has 3 rings (SSSR count). The van der Waals surface area contributed by atoms with Crippen LogP contribution in [0.2, 0.25) is 0 Å². The Morgan fingerprint density at radius 3 is 2.29 bits per heavy atom. The molecule has 0 fully saturated rings. The van der Waals surface area contributed by atoms with Crippen LogP contribution in [0.4, 0.5) is 14.5 Å². The summed E-state index contributed by atoms with van der Waals surface area (Å²) < 4.78 is 53.8. The van der Waals surface area contributed by atoms with Crippen molar-refractivity contribution in [3.63, 3.8) is 0 Å². The highest BCUT2D eigenvalue weighted by atomic mass is 32.2. The minimum Gasteiger partial charge on any atom is -0.279 e. The van der Waals surface area contributed by atoms with E-state index in [0.717, 1.165) is 23.8 Å². The van der Waals surface area contributed by atoms with Crippen LogP contribution >= 0.6 is 0 Å². The SMILES string of the molecule is O=S(=O)(Nc1ccc(Cc2nn[nH]n2)cc1)c1c(F)cccc1F. The number of hydrogen-bond acceptors (Lipinski definition) is 5. The number of halogens is 2. The lowest BCUT2D eigenvalue weighted by Gasteiger charge is -2.10. The summed E-state index contributed by atoms with van der Waals surface area (Å²) in [4.78, 5) is -1.01. The van der Waals surface area contributed by atoms with Crippen LogP contribution < -0.4 is 4.72 Å². The molecule has 10 heteroatoms. The van der Waals surface area contributed by atoms with E-state index in [-0.39, 0.29) is 5.69 Å². The van der Waals surface area contributed by atoms with Gasteiger partial charge in [-0.3, -0.25) is 4.72 Å². The molecule has 2 aromatic carbocycles. The highest BCUT2D eigenvalue weighted by molar-refractivity contribution is 7.92. The fourth-order valence-electron chi connectivity index (χ4n) is 2.08. The Morgan fingerprint density at radius 1 is 1.04 bits per heavy atom. The average molecular weight is 351 g/mol. The molecule has 24 heavy (non-hydrogen) atoms. The van der Waals surface area contributed by atoms with Crippen LogP contribution in [0.5, 0.6) is 0 Å². The van der Waals surface area contributed by atoms with Gasteiger partial charge in [0.25, 0.3) is 10.0 Å². The quantitative estimate of drug-likeness (QED) is 0.731. The van der Waals surface area contributed by atoms with Crippen molar-refractivity contribution in [1.29, 1.82) is 0 Å². The molecule has 0 atom stereocenters. The average Bonchev–Trinajstić information content (AvgIpc) is 3.01. The maximum atomic E-state index is 13.6. The Kier molecular flexibility index (Phi) is 4.21. The van der Waals surface area contributed by atoms with Crippen molar-refractivity contribution < 1.29 is 17.2 Å². The first-order valence-electron chi connectivity index (χ1n) is 6.74. The monoisotopic (exact) mass is 351 g/mol. The summed E-state index contributed by atoms with van der Waals surface area (Å²) >= 11 is 0. The number of hydrogen-bond donors (Lipinski definition) is 2. The first-order chi connectivity index (χ1) is 11.5. The normalized spacial score (nSPS) is 11.4. The van der Waals surface area contributed by atoms with Crippen LogP contribution in [0.25, 0.3) is 0 Å². The van der Waals surface area contributed by atoms with Crippen LogP contribution in [0.15, 0.2) is 47.4 Å². The zero-order valence-electron chi connectivity index (χ0n) is 12.1. The Hall–Kier alpha value is -2.88. The minimum absolute atomic E-state index is 0.175. The molecule has 0 unspecified atom stereocenters. The Labute approximate surface area is 135 Å². The van der Waals surface area contributed by atoms with Crippen molar-refractivity contribution in [2.24, 2.45) is 0 Å². The minimum atomic E-state index is -4.38. The Bertz CT molecular complexity index is 924. The van der Waals surface area contributed by atoms with E-state index in [1.807, 2.05) is 0 Å². The lowest BCUT2D eigenvalue weighted by atomic mass is 10.1. The van der Waals surface area contributed by atoms with Gasteiger partial charge in [0.2, 0.25) is 0 Å². The Balaban J connectivity index is 1.80. The maximum absolute atomic E-state index is 13.6. The van der Waals surface area contributed by atoms with E-state index in [1.54, 1.807) is 12.1 Å². The van der Waals surface area contributed by atoms with Crippen molar-refractivity contribution in [2.45, 2.75) is 11.3 Å². The van der Waals surface area contributed by atoms with Gasteiger partial charge in [-0.1, -0.05) is 23.4 Å². The van der Waals surface area contributed by atoms with Crippen molar-refractivity contribution in [2.75, 3.05) is 4.72 Å². The van der Waals surface area contributed by atoms with Crippen LogP contribution in [-0.4, -0.2) is 29.0 Å². The fourth-order valence-corrected chi connectivity index (χ4v) is 3.27. The molecule has 0 saturated carbocycles. The highest BCUT2D eigenvalue weighted by Crippen LogP contribution is 2.22. The van der Waals surface area contributed by atoms with Crippen LogP contribution in [0.3, 0.4) is 0 Å². The molecule has 1 aromatic heterocycles. The molecule has 1 heterocycles. The molecule has 124 valence electrons. The predicted octanol–water partition coefficient (Wildman–Crippen LogP) is 1.87. The number of aromatic nitrogens is 4. The first kappa shape index (κ1) is 16.0. The van der Waals surface area contributed by atoms with E-state index >= 15 is 0 Å². The molecule has 0 radical (unpaired) electrons. The van der Waals surface area contributed by atoms with Crippen molar-refractivity contribution in [3.05, 3.63) is 65.5 Å². The number of nitrogens with zero attached hydrogens (tertiary/aromatic N) is 3. The fraction of sp³-hybridized carbons (Fsp3) is 0.0714. The molecule has 0 aliphatic carbocycles. The number of tetrazole rings is 1. The van der Waals surface area contributed by atoms with Gasteiger partial charge in [0.05, 0.1) is 0 Å². The molecule has 0 saturated heterocycles. The molecule has 0 bridgehead atoms. The molecule has 7 nitrogen and oxygen atoms in total. The second-order valence-corrected chi connectivity index (χ2v) is 6.48. The number of rotatable bonds is 5. The van der Waals surface area contributed by atoms with E-state index in [0.29, 0.717) is 12.2 Å². The number of sulfonamides is 1. The third-order valence-corrected chi connectivity index (χ3v) is 4.58. The maximum Gasteiger partial charge on any atom is 0.267 e. The van der Waals surface area contributed by atoms with Crippen LogP contribution in [-0.2, 0) is 16.4 Å². The predicted molar refractivity (Wildman–Crippen MR) is 80.6 cm³/mol. The summed E-state index contributed by atoms with van der Waals surface area (Å²) in [5.41, 5.74) is 0.992. The second kappa shape index (κ2) is 6.32. The third kappa shape index (κ3) is 3.38. The molecule has 0 spiro atoms. The van der Waals surface area contributed by atoms with Gasteiger partial charge in [-0.2, -0.15) is 5.21 Å². The summed E-state index contributed by atoms with van der Waals surface area (Å²) in [6, 6.07) is 9.10. The lowest BCUT2D eigenvalue weighted by molar-refractivity contribution is 0.521. The summed E-state index contributed by atoms with van der Waals surface area (Å²) in [5, 5.41) is 13.4. The largest absolute Gasteiger partial charge is 0.279 e. The standard InChI is InChI=1S/C14H11F2N5O2S/c15-11-2-1-3-12(16)14(11)24(22,23)19-10-6-4-9(5-7-10)8-13-17-20-21-18-13/h1-7,19H,8H2,(H,17,18,20,21). The van der Waals surface area contributed by atoms with E-state index in [1.165, 1.54) is 12.1 Å². The molecular formula is C14H11F2N5O2S. The zero-order valence-corrected chi connectivity index (χ0v) is 12.9. The summed E-state index contributed by atoms with van der Waals surface area (Å²) in [6.07, 6.45) is 0.408. The number of H-pyrrole nitrogens is 1. The van der Waals surface area contributed by atoms with E-state index < -0.39 is 26.6 Å². The number of nitrogens with one attached hydrogen (secondary N) is 2. The number of benzene rings is 2. The summed E-state index contributed by atoms with van der Waals surface area (Å²) in [6.45, 7) is 0. The number of anilines is 1. The first-order valence-corrected chi connectivity index (χ1v) is 8.22. The van der Waals surface area contributed by atoms with Gasteiger partial charge >= 0.3 is 0 Å². The van der Waals surface area contributed by atoms with Gasteiger partial charge in [0.15, 0.2) is 10.7 Å². The van der Waals surface area contributed by atoms with Gasteiger partial charge < -0.3 is 0 Å². The molecular weight excluding hydrogens is 340 g/mol. The topological polar surface area (TPSA) is 101 Å². The highest BCUT2D eigenvalue weighted by Gasteiger charge is 2.23. The summed E-state index contributed by atoms with van der Waals surface area (Å²) in [7, 11) is -4.38.